The lowest BCUT2D eigenvalue weighted by Gasteiger charge is -2.61. The van der Waals surface area contributed by atoms with E-state index in [1.54, 1.807) is 0 Å². The lowest BCUT2D eigenvalue weighted by Crippen LogP contribution is -2.64. The van der Waals surface area contributed by atoms with E-state index in [1.165, 1.54) is 18.9 Å². The first-order valence-electron chi connectivity index (χ1n) is 23.3. The number of fused-ring (bicyclic) bond motifs is 7. The van der Waals surface area contributed by atoms with Crippen LogP contribution < -0.4 is 0 Å². The zero-order valence-electron chi connectivity index (χ0n) is 36.8. The quantitative estimate of drug-likeness (QED) is 0.117. The molecule has 0 bridgehead atoms. The molecule has 7 fully saturated rings. The summed E-state index contributed by atoms with van der Waals surface area (Å²) in [5.74, 6) is 3.75. The molecule has 8 aliphatic rings. The van der Waals surface area contributed by atoms with Crippen molar-refractivity contribution in [2.45, 2.75) is 203 Å². The van der Waals surface area contributed by atoms with E-state index in [9.17, 15) is 51.1 Å². The zero-order chi connectivity index (χ0) is 44.6. The predicted octanol–water partition coefficient (Wildman–Crippen LogP) is 0.198. The molecule has 0 amide bonds. The topological polar surface area (TPSA) is 267 Å². The molecule has 4 heterocycles. The molecule has 8 rings (SSSR count). The van der Waals surface area contributed by atoms with E-state index in [0.29, 0.717) is 29.6 Å². The first-order valence-corrected chi connectivity index (χ1v) is 23.3. The highest BCUT2D eigenvalue weighted by molar-refractivity contribution is 5.26. The fraction of sp³-hybridized carbons (Fsp3) is 0.956. The van der Waals surface area contributed by atoms with Crippen molar-refractivity contribution in [1.29, 1.82) is 0 Å². The van der Waals surface area contributed by atoms with Crippen molar-refractivity contribution in [3.63, 3.8) is 0 Å². The van der Waals surface area contributed by atoms with Crippen LogP contribution in [0.1, 0.15) is 98.8 Å². The Kier molecular flexibility index (Phi) is 14.2. The molecule has 0 unspecified atom stereocenters. The van der Waals surface area contributed by atoms with E-state index < -0.39 is 105 Å². The monoisotopic (exact) mass is 886 g/mol. The third-order valence-electron chi connectivity index (χ3n) is 17.3. The number of hydrogen-bond acceptors (Lipinski definition) is 17. The van der Waals surface area contributed by atoms with Crippen LogP contribution in [0.15, 0.2) is 11.3 Å². The molecule has 4 aliphatic carbocycles. The molecule has 356 valence electrons. The summed E-state index contributed by atoms with van der Waals surface area (Å²) in [5.41, 5.74) is 1.66. The number of ether oxygens (including phenoxy) is 7. The van der Waals surface area contributed by atoms with Crippen molar-refractivity contribution in [2.24, 2.45) is 46.3 Å². The summed E-state index contributed by atoms with van der Waals surface area (Å²) in [6.07, 6.45) is -10.3. The Hall–Kier alpha value is -1.10. The van der Waals surface area contributed by atoms with E-state index in [4.69, 9.17) is 33.2 Å². The standard InChI is InChI=1S/C45H74O17/c1-19(18-56-41-37(53)35(51)33(49)29(16-46)60-41)6-9-27-20(2)31-28(59-27)15-26-24-8-7-22-14-23(10-12-44(22,4)25(24)11-13-45(26,31)5)58-43-39(55)36(52)40(30(17-47)61-43)62-42-38(54)34(50)32(48)21(3)57-42/h19,21-26,28-43,46-55H,6-18H2,1-5H3/t19-,21+,22-,23+,24-,25+,26-,28-,29-,30-,31-,32+,33-,34-,35+,36-,37-,38-,39-,40-,41-,42+,43-,44+,45+/m1/s1. The number of aliphatic hydroxyl groups is 10. The smallest absolute Gasteiger partial charge is 0.187 e. The van der Waals surface area contributed by atoms with Crippen molar-refractivity contribution < 1.29 is 84.2 Å². The van der Waals surface area contributed by atoms with Gasteiger partial charge in [0.2, 0.25) is 0 Å². The van der Waals surface area contributed by atoms with Crippen LogP contribution in [0, 0.1) is 46.3 Å². The van der Waals surface area contributed by atoms with Gasteiger partial charge in [-0.1, -0.05) is 20.8 Å². The van der Waals surface area contributed by atoms with Crippen molar-refractivity contribution in [3.8, 4) is 0 Å². The molecule has 4 aliphatic heterocycles. The average molecular weight is 887 g/mol. The first-order chi connectivity index (χ1) is 29.4. The van der Waals surface area contributed by atoms with Gasteiger partial charge in [0.1, 0.15) is 73.2 Å². The summed E-state index contributed by atoms with van der Waals surface area (Å²) in [6, 6.07) is 0. The van der Waals surface area contributed by atoms with Crippen LogP contribution in [-0.2, 0) is 33.2 Å². The number of allylic oxidation sites excluding steroid dienone is 1. The third-order valence-corrected chi connectivity index (χ3v) is 17.3. The van der Waals surface area contributed by atoms with Crippen LogP contribution in [0.25, 0.3) is 0 Å². The highest BCUT2D eigenvalue weighted by atomic mass is 16.7. The Balaban J connectivity index is 0.838. The molecular weight excluding hydrogens is 812 g/mol. The van der Waals surface area contributed by atoms with E-state index in [-0.39, 0.29) is 35.6 Å². The summed E-state index contributed by atoms with van der Waals surface area (Å²) in [7, 11) is 0. The van der Waals surface area contributed by atoms with Crippen molar-refractivity contribution in [3.05, 3.63) is 11.3 Å². The molecule has 62 heavy (non-hydrogen) atoms. The minimum absolute atomic E-state index is 0.105. The molecular formula is C45H74O17. The van der Waals surface area contributed by atoms with Crippen LogP contribution >= 0.6 is 0 Å². The van der Waals surface area contributed by atoms with Crippen molar-refractivity contribution in [2.75, 3.05) is 19.8 Å². The van der Waals surface area contributed by atoms with Gasteiger partial charge in [-0.05, 0) is 118 Å². The molecule has 4 saturated carbocycles. The third kappa shape index (κ3) is 8.34. The summed E-state index contributed by atoms with van der Waals surface area (Å²) in [4.78, 5) is 0. The van der Waals surface area contributed by atoms with Gasteiger partial charge in [-0.25, -0.2) is 0 Å². The Morgan fingerprint density at radius 3 is 2.05 bits per heavy atom. The number of rotatable bonds is 12. The maximum atomic E-state index is 11.2. The molecule has 0 aromatic heterocycles. The van der Waals surface area contributed by atoms with Crippen LogP contribution in [0.5, 0.6) is 0 Å². The molecule has 0 radical (unpaired) electrons. The summed E-state index contributed by atoms with van der Waals surface area (Å²) in [5, 5.41) is 103. The van der Waals surface area contributed by atoms with Crippen LogP contribution in [0.4, 0.5) is 0 Å². The van der Waals surface area contributed by atoms with Gasteiger partial charge in [0.25, 0.3) is 0 Å². The van der Waals surface area contributed by atoms with Crippen molar-refractivity contribution in [1.82, 2.24) is 0 Å². The van der Waals surface area contributed by atoms with Gasteiger partial charge in [-0.3, -0.25) is 0 Å². The van der Waals surface area contributed by atoms with E-state index >= 15 is 0 Å². The molecule has 17 nitrogen and oxygen atoms in total. The zero-order valence-corrected chi connectivity index (χ0v) is 36.8. The molecule has 3 saturated heterocycles. The minimum atomic E-state index is -1.63. The van der Waals surface area contributed by atoms with Gasteiger partial charge in [0.05, 0.1) is 37.8 Å². The SMILES string of the molecule is CC1=C(CC[C@@H](C)CO[C@@H]2O[C@H](CO)[C@@H](O)[C@H](O)[C@H]2O)O[C@@H]2C[C@@H]3[C@@H]4CC[C@@H]5C[C@@H](O[C@@H]6O[C@H](CO)[C@@H](O[C@@H]7O[C@@H](C)[C@H](O)[C@@H](O)[C@H]7O)[C@H](O)[C@H]6O)CC[C@]5(C)[C@H]4CC[C@]3(C)[C@H]12. The second-order valence-corrected chi connectivity index (χ2v) is 20.9. The average Bonchev–Trinajstić information content (AvgIpc) is 3.74. The minimum Gasteiger partial charge on any atom is -0.494 e. The maximum absolute atomic E-state index is 11.2. The molecule has 0 aromatic carbocycles. The van der Waals surface area contributed by atoms with E-state index in [1.807, 2.05) is 0 Å². The van der Waals surface area contributed by atoms with Crippen molar-refractivity contribution >= 4 is 0 Å². The highest BCUT2D eigenvalue weighted by Gasteiger charge is 2.65. The van der Waals surface area contributed by atoms with Crippen LogP contribution in [-0.4, -0.2) is 175 Å². The second-order valence-electron chi connectivity index (χ2n) is 20.9. The van der Waals surface area contributed by atoms with Crippen LogP contribution in [0.2, 0.25) is 0 Å². The van der Waals surface area contributed by atoms with Gasteiger partial charge >= 0.3 is 0 Å². The van der Waals surface area contributed by atoms with Gasteiger partial charge in [0, 0.05) is 12.3 Å². The second kappa shape index (κ2) is 18.5. The lowest BCUT2D eigenvalue weighted by molar-refractivity contribution is -0.361. The Bertz CT molecular complexity index is 1570. The van der Waals surface area contributed by atoms with Gasteiger partial charge in [0.15, 0.2) is 18.9 Å². The first kappa shape index (κ1) is 47.4. The maximum Gasteiger partial charge on any atom is 0.187 e. The molecule has 10 N–H and O–H groups in total. The number of hydrogen-bond donors (Lipinski definition) is 10. The highest BCUT2D eigenvalue weighted by Crippen LogP contribution is 2.70. The van der Waals surface area contributed by atoms with E-state index in [0.717, 1.165) is 63.5 Å². The van der Waals surface area contributed by atoms with Gasteiger partial charge in [-0.2, -0.15) is 0 Å². The Morgan fingerprint density at radius 2 is 1.32 bits per heavy atom. The lowest BCUT2D eigenvalue weighted by atomic mass is 9.44. The number of aliphatic hydroxyl groups excluding tert-OH is 10. The van der Waals surface area contributed by atoms with Crippen LogP contribution in [0.3, 0.4) is 0 Å². The molecule has 0 aromatic rings. The van der Waals surface area contributed by atoms with Gasteiger partial charge in [-0.15, -0.1) is 0 Å². The summed E-state index contributed by atoms with van der Waals surface area (Å²) < 4.78 is 41.9. The fourth-order valence-electron chi connectivity index (χ4n) is 13.7. The Labute approximate surface area is 364 Å². The predicted molar refractivity (Wildman–Crippen MR) is 216 cm³/mol. The normalized spacial score (nSPS) is 53.3. The summed E-state index contributed by atoms with van der Waals surface area (Å²) in [6.45, 7) is 10.0. The Morgan fingerprint density at radius 1 is 0.677 bits per heavy atom. The summed E-state index contributed by atoms with van der Waals surface area (Å²) >= 11 is 0. The molecule has 17 heteroatoms. The molecule has 25 atom stereocenters. The van der Waals surface area contributed by atoms with E-state index in [2.05, 4.69) is 27.7 Å². The largest absolute Gasteiger partial charge is 0.494 e. The molecule has 0 spiro atoms. The fourth-order valence-corrected chi connectivity index (χ4v) is 13.7. The van der Waals surface area contributed by atoms with Gasteiger partial charge < -0.3 is 84.2 Å².